The van der Waals surface area contributed by atoms with Crippen LogP contribution in [0.25, 0.3) is 0 Å². The summed E-state index contributed by atoms with van der Waals surface area (Å²) in [5.41, 5.74) is -0.598. The van der Waals surface area contributed by atoms with E-state index in [9.17, 15) is 40.9 Å². The first-order valence-electron chi connectivity index (χ1n) is 12.6. The number of aromatic hydroxyl groups is 5. The number of rotatable bonds is 8. The van der Waals surface area contributed by atoms with E-state index < -0.39 is 48.3 Å². The summed E-state index contributed by atoms with van der Waals surface area (Å²) >= 11 is 0. The highest BCUT2D eigenvalue weighted by molar-refractivity contribution is 5.53. The number of benzene rings is 3. The molecule has 0 bridgehead atoms. The maximum Gasteiger partial charge on any atom is 0.229 e. The van der Waals surface area contributed by atoms with E-state index in [-0.39, 0.29) is 54.1 Å². The van der Waals surface area contributed by atoms with Gasteiger partial charge in [0.05, 0.1) is 26.9 Å². The van der Waals surface area contributed by atoms with Crippen molar-refractivity contribution < 1.29 is 64.5 Å². The van der Waals surface area contributed by atoms with Crippen LogP contribution in [0.5, 0.6) is 46.0 Å². The zero-order valence-electron chi connectivity index (χ0n) is 21.8. The Hall–Kier alpha value is -4.14. The maximum atomic E-state index is 10.5. The van der Waals surface area contributed by atoms with Crippen LogP contribution in [-0.4, -0.2) is 85.3 Å². The van der Waals surface area contributed by atoms with Gasteiger partial charge in [-0.15, -0.1) is 0 Å². The van der Waals surface area contributed by atoms with Gasteiger partial charge >= 0.3 is 0 Å². The zero-order valence-corrected chi connectivity index (χ0v) is 21.8. The molecule has 2 aliphatic heterocycles. The molecule has 0 saturated carbocycles. The lowest BCUT2D eigenvalue weighted by Crippen LogP contribution is -2.48. The Morgan fingerprint density at radius 3 is 2.41 bits per heavy atom. The molecule has 8 N–H and O–H groups in total. The third-order valence-corrected chi connectivity index (χ3v) is 7.10. The molecule has 3 aromatic rings. The predicted molar refractivity (Wildman–Crippen MR) is 138 cm³/mol. The smallest absolute Gasteiger partial charge is 0.229 e. The number of aliphatic hydroxyl groups excluding tert-OH is 2. The molecule has 1 saturated heterocycles. The lowest BCUT2D eigenvalue weighted by atomic mass is 9.93. The molecular formula is C28H30O13. The van der Waals surface area contributed by atoms with E-state index in [2.05, 4.69) is 0 Å². The van der Waals surface area contributed by atoms with Gasteiger partial charge in [-0.05, 0) is 35.4 Å². The third kappa shape index (κ3) is 5.45. The van der Waals surface area contributed by atoms with Gasteiger partial charge in [-0.3, -0.25) is 0 Å². The first-order chi connectivity index (χ1) is 19.5. The molecule has 13 heteroatoms. The molecule has 0 radical (unpaired) electrons. The highest BCUT2D eigenvalue weighted by Crippen LogP contribution is 2.45. The van der Waals surface area contributed by atoms with E-state index in [1.807, 2.05) is 0 Å². The number of methoxy groups -OCH3 is 1. The lowest BCUT2D eigenvalue weighted by molar-refractivity contribution is -0.116. The summed E-state index contributed by atoms with van der Waals surface area (Å²) in [7, 11) is 1.34. The predicted octanol–water partition coefficient (Wildman–Crippen LogP) is 1.30. The number of hydrogen-bond donors (Lipinski definition) is 8. The van der Waals surface area contributed by atoms with Gasteiger partial charge in [-0.25, -0.2) is 0 Å². The third-order valence-electron chi connectivity index (χ3n) is 7.10. The van der Waals surface area contributed by atoms with Gasteiger partial charge in [0.15, 0.2) is 29.1 Å². The summed E-state index contributed by atoms with van der Waals surface area (Å²) in [5, 5.41) is 80.6. The van der Waals surface area contributed by atoms with Crippen molar-refractivity contribution in [2.24, 2.45) is 0 Å². The second-order valence-corrected chi connectivity index (χ2v) is 9.93. The molecule has 0 aromatic heterocycles. The molecule has 0 amide bonds. The standard InChI is InChI=1S/C28H30O13/c1-37-22-5-13(4-19(33)24(22)34)10-38-23-9-16-20(40-25(23)14-2-3-17(31)18(32)6-14)7-15(30)8-21(16)41-27-26(35)28(36,11-29)12-39-27/h2-8,23,25-27,29-36H,9-12H2,1H3/t23-,25-,26?,27?,28?/m1/s1. The molecule has 0 aliphatic carbocycles. The minimum absolute atomic E-state index is 0.0398. The van der Waals surface area contributed by atoms with E-state index >= 15 is 0 Å². The van der Waals surface area contributed by atoms with Crippen LogP contribution in [0.3, 0.4) is 0 Å². The summed E-state index contributed by atoms with van der Waals surface area (Å²) in [6.07, 6.45) is -4.47. The molecule has 13 nitrogen and oxygen atoms in total. The molecule has 220 valence electrons. The Morgan fingerprint density at radius 2 is 1.73 bits per heavy atom. The van der Waals surface area contributed by atoms with E-state index in [4.69, 9.17) is 23.7 Å². The fraction of sp³-hybridized carbons (Fsp3) is 0.357. The minimum atomic E-state index is -1.92. The molecule has 2 aliphatic rings. The van der Waals surface area contributed by atoms with Crippen molar-refractivity contribution in [2.75, 3.05) is 20.3 Å². The van der Waals surface area contributed by atoms with Crippen molar-refractivity contribution in [3.8, 4) is 46.0 Å². The quantitative estimate of drug-likeness (QED) is 0.179. The monoisotopic (exact) mass is 574 g/mol. The minimum Gasteiger partial charge on any atom is -0.508 e. The molecule has 5 atom stereocenters. The molecule has 3 aromatic carbocycles. The lowest BCUT2D eigenvalue weighted by Gasteiger charge is -2.35. The van der Waals surface area contributed by atoms with Gasteiger partial charge in [-0.1, -0.05) is 6.07 Å². The Labute approximate surface area is 233 Å². The van der Waals surface area contributed by atoms with E-state index in [1.54, 1.807) is 0 Å². The molecular weight excluding hydrogens is 544 g/mol. The summed E-state index contributed by atoms with van der Waals surface area (Å²) in [6, 6.07) is 9.57. The molecule has 41 heavy (non-hydrogen) atoms. The number of fused-ring (bicyclic) bond motifs is 1. The first-order valence-corrected chi connectivity index (χ1v) is 12.6. The Morgan fingerprint density at radius 1 is 0.951 bits per heavy atom. The van der Waals surface area contributed by atoms with E-state index in [0.29, 0.717) is 16.7 Å². The summed E-state index contributed by atoms with van der Waals surface area (Å²) in [4.78, 5) is 0. The normalized spacial score (nSPS) is 25.4. The largest absolute Gasteiger partial charge is 0.508 e. The second kappa shape index (κ2) is 11.0. The Bertz CT molecular complexity index is 1430. The van der Waals surface area contributed by atoms with Gasteiger partial charge in [0.25, 0.3) is 0 Å². The zero-order chi connectivity index (χ0) is 29.5. The molecule has 3 unspecified atom stereocenters. The number of phenolic OH excluding ortho intramolecular Hbond substituents is 5. The van der Waals surface area contributed by atoms with Crippen LogP contribution >= 0.6 is 0 Å². The van der Waals surface area contributed by atoms with Crippen molar-refractivity contribution in [3.05, 3.63) is 59.2 Å². The van der Waals surface area contributed by atoms with Gasteiger partial charge in [-0.2, -0.15) is 0 Å². The van der Waals surface area contributed by atoms with Crippen molar-refractivity contribution in [3.63, 3.8) is 0 Å². The van der Waals surface area contributed by atoms with Crippen LogP contribution in [-0.2, 0) is 22.5 Å². The van der Waals surface area contributed by atoms with Crippen molar-refractivity contribution in [1.82, 2.24) is 0 Å². The van der Waals surface area contributed by atoms with Crippen LogP contribution in [0.1, 0.15) is 22.8 Å². The second-order valence-electron chi connectivity index (χ2n) is 9.93. The first kappa shape index (κ1) is 28.4. The van der Waals surface area contributed by atoms with Crippen molar-refractivity contribution in [2.45, 2.75) is 43.2 Å². The summed E-state index contributed by atoms with van der Waals surface area (Å²) in [6.45, 7) is -1.21. The molecule has 0 spiro atoms. The van der Waals surface area contributed by atoms with E-state index in [1.165, 1.54) is 49.6 Å². The van der Waals surface area contributed by atoms with Crippen LogP contribution in [0.15, 0.2) is 42.5 Å². The number of aliphatic hydroxyl groups is 3. The number of hydrogen-bond acceptors (Lipinski definition) is 13. The van der Waals surface area contributed by atoms with Gasteiger partial charge in [0.1, 0.15) is 35.1 Å². The van der Waals surface area contributed by atoms with Crippen LogP contribution in [0.2, 0.25) is 0 Å². The topological polar surface area (TPSA) is 208 Å². The summed E-state index contributed by atoms with van der Waals surface area (Å²) < 4.78 is 28.7. The number of ether oxygens (including phenoxy) is 5. The highest BCUT2D eigenvalue weighted by atomic mass is 16.7. The van der Waals surface area contributed by atoms with E-state index in [0.717, 1.165) is 0 Å². The molecule has 1 fully saturated rings. The van der Waals surface area contributed by atoms with Gasteiger partial charge < -0.3 is 64.5 Å². The fourth-order valence-electron chi connectivity index (χ4n) is 4.79. The highest BCUT2D eigenvalue weighted by Gasteiger charge is 2.49. The SMILES string of the molecule is COc1cc(CO[C@@H]2Cc3c(OC4OCC(O)(CO)C4O)cc(O)cc3O[C@@H]2c2ccc(O)c(O)c2)cc(O)c1O. The summed E-state index contributed by atoms with van der Waals surface area (Å²) in [5.74, 6) is -1.47. The fourth-order valence-corrected chi connectivity index (χ4v) is 4.79. The van der Waals surface area contributed by atoms with Gasteiger partial charge in [0, 0.05) is 24.1 Å². The Kier molecular flexibility index (Phi) is 7.64. The van der Waals surface area contributed by atoms with Crippen molar-refractivity contribution in [1.29, 1.82) is 0 Å². The van der Waals surface area contributed by atoms with Crippen LogP contribution in [0.4, 0.5) is 0 Å². The average Bonchev–Trinajstić information content (AvgIpc) is 3.23. The Balaban J connectivity index is 1.48. The molecule has 5 rings (SSSR count). The van der Waals surface area contributed by atoms with Crippen LogP contribution in [0, 0.1) is 0 Å². The maximum absolute atomic E-state index is 10.5. The van der Waals surface area contributed by atoms with Crippen molar-refractivity contribution >= 4 is 0 Å². The van der Waals surface area contributed by atoms with Crippen LogP contribution < -0.4 is 14.2 Å². The van der Waals surface area contributed by atoms with Gasteiger partial charge in [0.2, 0.25) is 12.0 Å². The average molecular weight is 575 g/mol. The molecule has 2 heterocycles. The number of phenols is 5.